The minimum Gasteiger partial charge on any atom is -0.341 e. The van der Waals surface area contributed by atoms with Crippen LogP contribution in [0.4, 0.5) is 4.39 Å². The van der Waals surface area contributed by atoms with Crippen molar-refractivity contribution < 1.29 is 9.18 Å². The predicted molar refractivity (Wildman–Crippen MR) is 71.4 cm³/mol. The third kappa shape index (κ3) is 2.35. The lowest BCUT2D eigenvalue weighted by atomic mass is 10.1. The zero-order chi connectivity index (χ0) is 13.6. The van der Waals surface area contributed by atoms with E-state index in [0.29, 0.717) is 30.1 Å². The fraction of sp³-hybridized carbons (Fsp3) is 0.500. The standard InChI is InChI=1S/C14H16ClFN2O/c15-11-2-1-3-12(16)13(11)9-6-10(9)14(19)18-5-4-8(17)7-18/h1-3,8-10H,4-7,17H2/t8-,9+,10+/m1/s1. The van der Waals surface area contributed by atoms with Crippen molar-refractivity contribution in [1.29, 1.82) is 0 Å². The number of likely N-dealkylation sites (tertiary alicyclic amines) is 1. The van der Waals surface area contributed by atoms with Gasteiger partial charge in [0.2, 0.25) is 5.91 Å². The van der Waals surface area contributed by atoms with E-state index in [-0.39, 0.29) is 29.6 Å². The Balaban J connectivity index is 1.72. The van der Waals surface area contributed by atoms with E-state index in [1.807, 2.05) is 0 Å². The molecule has 19 heavy (non-hydrogen) atoms. The second-order valence-electron chi connectivity index (χ2n) is 5.42. The Labute approximate surface area is 116 Å². The number of nitrogens with zero attached hydrogens (tertiary/aromatic N) is 1. The molecule has 0 radical (unpaired) electrons. The second kappa shape index (κ2) is 4.76. The number of hydrogen-bond donors (Lipinski definition) is 1. The van der Waals surface area contributed by atoms with Crippen molar-refractivity contribution in [2.24, 2.45) is 11.7 Å². The molecule has 1 heterocycles. The maximum absolute atomic E-state index is 13.8. The SMILES string of the molecule is N[C@@H]1CCN(C(=O)[C@H]2C[C@@H]2c2c(F)cccc2Cl)C1. The second-order valence-corrected chi connectivity index (χ2v) is 5.82. The van der Waals surface area contributed by atoms with Gasteiger partial charge in [-0.15, -0.1) is 0 Å². The van der Waals surface area contributed by atoms with E-state index in [0.717, 1.165) is 6.42 Å². The van der Waals surface area contributed by atoms with Crippen LogP contribution >= 0.6 is 11.6 Å². The highest BCUT2D eigenvalue weighted by Crippen LogP contribution is 2.51. The van der Waals surface area contributed by atoms with E-state index >= 15 is 0 Å². The van der Waals surface area contributed by atoms with Gasteiger partial charge in [-0.3, -0.25) is 4.79 Å². The number of amides is 1. The molecule has 3 atom stereocenters. The van der Waals surface area contributed by atoms with E-state index in [9.17, 15) is 9.18 Å². The van der Waals surface area contributed by atoms with Crippen molar-refractivity contribution in [3.63, 3.8) is 0 Å². The van der Waals surface area contributed by atoms with Gasteiger partial charge in [0.05, 0.1) is 0 Å². The van der Waals surface area contributed by atoms with E-state index in [1.54, 1.807) is 17.0 Å². The molecule has 3 nitrogen and oxygen atoms in total. The third-order valence-electron chi connectivity index (χ3n) is 4.01. The van der Waals surface area contributed by atoms with Gasteiger partial charge in [0, 0.05) is 41.6 Å². The van der Waals surface area contributed by atoms with Crippen LogP contribution < -0.4 is 5.73 Å². The van der Waals surface area contributed by atoms with Crippen molar-refractivity contribution in [3.05, 3.63) is 34.6 Å². The molecule has 1 aromatic carbocycles. The summed E-state index contributed by atoms with van der Waals surface area (Å²) in [6.45, 7) is 1.33. The molecule has 1 saturated carbocycles. The molecule has 0 unspecified atom stereocenters. The quantitative estimate of drug-likeness (QED) is 0.903. The largest absolute Gasteiger partial charge is 0.341 e. The third-order valence-corrected chi connectivity index (χ3v) is 4.34. The molecule has 1 aliphatic heterocycles. The molecule has 2 N–H and O–H groups in total. The molecule has 0 aromatic heterocycles. The number of nitrogens with two attached hydrogens (primary N) is 1. The number of hydrogen-bond acceptors (Lipinski definition) is 2. The Kier molecular flexibility index (Phi) is 3.23. The summed E-state index contributed by atoms with van der Waals surface area (Å²) in [6.07, 6.45) is 1.54. The van der Waals surface area contributed by atoms with Gasteiger partial charge in [-0.05, 0) is 25.0 Å². The van der Waals surface area contributed by atoms with Crippen molar-refractivity contribution in [3.8, 4) is 0 Å². The predicted octanol–water partition coefficient (Wildman–Crippen LogP) is 2.14. The van der Waals surface area contributed by atoms with Crippen molar-refractivity contribution in [1.82, 2.24) is 4.90 Å². The number of halogens is 2. The van der Waals surface area contributed by atoms with Crippen LogP contribution in [0.3, 0.4) is 0 Å². The molecule has 0 spiro atoms. The maximum atomic E-state index is 13.8. The molecule has 3 rings (SSSR count). The van der Waals surface area contributed by atoms with Gasteiger partial charge >= 0.3 is 0 Å². The monoisotopic (exact) mass is 282 g/mol. The Morgan fingerprint density at radius 2 is 2.26 bits per heavy atom. The highest BCUT2D eigenvalue weighted by Gasteiger charge is 2.48. The zero-order valence-corrected chi connectivity index (χ0v) is 11.2. The molecular weight excluding hydrogens is 267 g/mol. The summed E-state index contributed by atoms with van der Waals surface area (Å²) >= 11 is 6.03. The average molecular weight is 283 g/mol. The summed E-state index contributed by atoms with van der Waals surface area (Å²) in [7, 11) is 0. The van der Waals surface area contributed by atoms with Crippen LogP contribution in [-0.2, 0) is 4.79 Å². The average Bonchev–Trinajstić information content (AvgIpc) is 3.02. The molecule has 5 heteroatoms. The Morgan fingerprint density at radius 3 is 2.89 bits per heavy atom. The van der Waals surface area contributed by atoms with Crippen LogP contribution in [-0.4, -0.2) is 29.9 Å². The maximum Gasteiger partial charge on any atom is 0.226 e. The molecule has 1 aliphatic carbocycles. The van der Waals surface area contributed by atoms with E-state index < -0.39 is 0 Å². The molecule has 1 saturated heterocycles. The zero-order valence-electron chi connectivity index (χ0n) is 10.5. The molecular formula is C14H16ClFN2O. The first-order chi connectivity index (χ1) is 9.08. The van der Waals surface area contributed by atoms with Crippen LogP contribution in [0.25, 0.3) is 0 Å². The summed E-state index contributed by atoms with van der Waals surface area (Å²) < 4.78 is 13.8. The van der Waals surface area contributed by atoms with Gasteiger partial charge < -0.3 is 10.6 Å². The lowest BCUT2D eigenvalue weighted by Gasteiger charge is -2.16. The normalized spacial score (nSPS) is 29.6. The van der Waals surface area contributed by atoms with E-state index in [2.05, 4.69) is 0 Å². The van der Waals surface area contributed by atoms with Gasteiger partial charge in [-0.25, -0.2) is 4.39 Å². The van der Waals surface area contributed by atoms with Gasteiger partial charge in [0.1, 0.15) is 5.82 Å². The first kappa shape index (κ1) is 12.9. The molecule has 2 fully saturated rings. The number of carbonyl (C=O) groups excluding carboxylic acids is 1. The first-order valence-electron chi connectivity index (χ1n) is 6.56. The summed E-state index contributed by atoms with van der Waals surface area (Å²) in [5.41, 5.74) is 6.29. The molecule has 2 aliphatic rings. The van der Waals surface area contributed by atoms with Crippen LogP contribution in [0.5, 0.6) is 0 Å². The molecule has 1 amide bonds. The van der Waals surface area contributed by atoms with Gasteiger partial charge in [-0.1, -0.05) is 17.7 Å². The van der Waals surface area contributed by atoms with E-state index in [1.165, 1.54) is 6.07 Å². The summed E-state index contributed by atoms with van der Waals surface area (Å²) in [5, 5.41) is 0.415. The minimum absolute atomic E-state index is 0.0713. The number of carbonyl (C=O) groups is 1. The van der Waals surface area contributed by atoms with Gasteiger partial charge in [0.25, 0.3) is 0 Å². The topological polar surface area (TPSA) is 46.3 Å². The number of rotatable bonds is 2. The summed E-state index contributed by atoms with van der Waals surface area (Å²) in [6, 6.07) is 4.73. The molecule has 0 bridgehead atoms. The summed E-state index contributed by atoms with van der Waals surface area (Å²) in [5.74, 6) is -0.416. The Hall–Kier alpha value is -1.13. The Bertz CT molecular complexity index is 502. The van der Waals surface area contributed by atoms with Crippen molar-refractivity contribution in [2.45, 2.75) is 24.8 Å². The highest BCUT2D eigenvalue weighted by atomic mass is 35.5. The van der Waals surface area contributed by atoms with E-state index in [4.69, 9.17) is 17.3 Å². The highest BCUT2D eigenvalue weighted by molar-refractivity contribution is 6.31. The van der Waals surface area contributed by atoms with Gasteiger partial charge in [0.15, 0.2) is 0 Å². The minimum atomic E-state index is -0.314. The van der Waals surface area contributed by atoms with Crippen LogP contribution in [0, 0.1) is 11.7 Å². The smallest absolute Gasteiger partial charge is 0.226 e. The van der Waals surface area contributed by atoms with Crippen molar-refractivity contribution in [2.75, 3.05) is 13.1 Å². The van der Waals surface area contributed by atoms with Crippen LogP contribution in [0.15, 0.2) is 18.2 Å². The van der Waals surface area contributed by atoms with Crippen LogP contribution in [0.1, 0.15) is 24.3 Å². The van der Waals surface area contributed by atoms with Gasteiger partial charge in [-0.2, -0.15) is 0 Å². The molecule has 102 valence electrons. The Morgan fingerprint density at radius 1 is 1.47 bits per heavy atom. The fourth-order valence-corrected chi connectivity index (χ4v) is 3.18. The number of benzene rings is 1. The van der Waals surface area contributed by atoms with Crippen molar-refractivity contribution >= 4 is 17.5 Å². The fourth-order valence-electron chi connectivity index (χ4n) is 2.87. The lowest BCUT2D eigenvalue weighted by molar-refractivity contribution is -0.131. The first-order valence-corrected chi connectivity index (χ1v) is 6.94. The summed E-state index contributed by atoms with van der Waals surface area (Å²) in [4.78, 5) is 14.1. The van der Waals surface area contributed by atoms with Crippen LogP contribution in [0.2, 0.25) is 5.02 Å². The lowest BCUT2D eigenvalue weighted by Crippen LogP contribution is -2.33. The molecule has 1 aromatic rings.